The summed E-state index contributed by atoms with van der Waals surface area (Å²) in [5.74, 6) is -0.819. The number of carbonyl (C=O) groups is 2. The molecule has 0 aromatic rings. The largest absolute Gasteiger partial charge is 0.472 e. The van der Waals surface area contributed by atoms with Crippen LogP contribution in [0.25, 0.3) is 0 Å². The van der Waals surface area contributed by atoms with Crippen molar-refractivity contribution in [2.45, 2.75) is 315 Å². The molecule has 0 rings (SSSR count). The summed E-state index contributed by atoms with van der Waals surface area (Å²) in [5.41, 5.74) is 5.35. The van der Waals surface area contributed by atoms with Gasteiger partial charge in [-0.05, 0) is 38.5 Å². The van der Waals surface area contributed by atoms with Gasteiger partial charge in [-0.25, -0.2) is 4.57 Å². The number of esters is 2. The first-order valence-electron chi connectivity index (χ1n) is 29.2. The standard InChI is InChI=1S/C57H112NO8P/c1-3-5-7-9-11-12-13-14-15-16-17-18-19-20-21-22-23-24-25-26-27-28-29-30-31-32-33-34-35-36-37-38-39-40-41-42-44-46-48-50-57(60)66-55(54-65-67(61,62)64-52-51-58)53-63-56(59)49-47-45-43-10-8-6-4-2/h16-17,55H,3-15,18-54,58H2,1-2H3,(H,61,62)/b17-16-. The molecule has 0 fully saturated rings. The second-order valence-corrected chi connectivity index (χ2v) is 21.3. The second kappa shape index (κ2) is 54.1. The first-order valence-corrected chi connectivity index (χ1v) is 30.7. The van der Waals surface area contributed by atoms with E-state index in [0.29, 0.717) is 6.42 Å². The number of hydrogen-bond acceptors (Lipinski definition) is 8. The molecule has 2 unspecified atom stereocenters. The van der Waals surface area contributed by atoms with Crippen molar-refractivity contribution in [3.05, 3.63) is 12.2 Å². The number of allylic oxidation sites excluding steroid dienone is 2. The Labute approximate surface area is 415 Å². The van der Waals surface area contributed by atoms with Crippen LogP contribution in [0.5, 0.6) is 0 Å². The smallest absolute Gasteiger partial charge is 0.462 e. The zero-order valence-corrected chi connectivity index (χ0v) is 45.3. The monoisotopic (exact) mass is 970 g/mol. The Kier molecular flexibility index (Phi) is 53.1. The molecule has 0 aliphatic carbocycles. The highest BCUT2D eigenvalue weighted by Crippen LogP contribution is 2.43. The van der Waals surface area contributed by atoms with E-state index in [9.17, 15) is 19.0 Å². The van der Waals surface area contributed by atoms with Crippen molar-refractivity contribution < 1.29 is 37.6 Å². The highest BCUT2D eigenvalue weighted by Gasteiger charge is 2.26. The average molecular weight is 970 g/mol. The minimum Gasteiger partial charge on any atom is -0.462 e. The lowest BCUT2D eigenvalue weighted by molar-refractivity contribution is -0.161. The number of phosphoric acid groups is 1. The zero-order chi connectivity index (χ0) is 48.8. The van der Waals surface area contributed by atoms with Gasteiger partial charge < -0.3 is 20.1 Å². The van der Waals surface area contributed by atoms with Crippen molar-refractivity contribution in [3.63, 3.8) is 0 Å². The maximum atomic E-state index is 12.6. The van der Waals surface area contributed by atoms with Crippen LogP contribution in [0.15, 0.2) is 12.2 Å². The number of phosphoric ester groups is 1. The van der Waals surface area contributed by atoms with E-state index in [1.54, 1.807) is 0 Å². The quantitative estimate of drug-likeness (QED) is 0.0264. The molecule has 0 amide bonds. The summed E-state index contributed by atoms with van der Waals surface area (Å²) >= 11 is 0. The molecule has 0 heterocycles. The fraction of sp³-hybridized carbons (Fsp3) is 0.930. The van der Waals surface area contributed by atoms with E-state index >= 15 is 0 Å². The van der Waals surface area contributed by atoms with E-state index in [2.05, 4.69) is 26.0 Å². The van der Waals surface area contributed by atoms with Gasteiger partial charge >= 0.3 is 19.8 Å². The van der Waals surface area contributed by atoms with Crippen molar-refractivity contribution >= 4 is 19.8 Å². The summed E-state index contributed by atoms with van der Waals surface area (Å²) in [6, 6.07) is 0. The Morgan fingerprint density at radius 1 is 0.433 bits per heavy atom. The molecule has 0 aliphatic rings. The van der Waals surface area contributed by atoms with Crippen molar-refractivity contribution in [1.82, 2.24) is 0 Å². The molecule has 0 aromatic carbocycles. The van der Waals surface area contributed by atoms with E-state index in [0.717, 1.165) is 32.1 Å². The van der Waals surface area contributed by atoms with Crippen LogP contribution in [-0.2, 0) is 32.7 Å². The second-order valence-electron chi connectivity index (χ2n) is 19.9. The van der Waals surface area contributed by atoms with Crippen LogP contribution >= 0.6 is 7.82 Å². The molecule has 9 nitrogen and oxygen atoms in total. The highest BCUT2D eigenvalue weighted by atomic mass is 31.2. The Bertz CT molecular complexity index is 1110. The number of hydrogen-bond donors (Lipinski definition) is 2. The molecular formula is C57H112NO8P. The Morgan fingerprint density at radius 2 is 0.731 bits per heavy atom. The normalized spacial score (nSPS) is 13.1. The van der Waals surface area contributed by atoms with Gasteiger partial charge in [0.1, 0.15) is 6.61 Å². The summed E-state index contributed by atoms with van der Waals surface area (Å²) in [6.45, 7) is 3.73. The maximum Gasteiger partial charge on any atom is 0.472 e. The molecule has 0 aromatic heterocycles. The molecule has 0 saturated carbocycles. The van der Waals surface area contributed by atoms with Gasteiger partial charge in [0.2, 0.25) is 0 Å². The first kappa shape index (κ1) is 65.8. The van der Waals surface area contributed by atoms with E-state index in [4.69, 9.17) is 24.3 Å². The van der Waals surface area contributed by atoms with Crippen LogP contribution in [-0.4, -0.2) is 49.3 Å². The molecule has 67 heavy (non-hydrogen) atoms. The molecule has 0 aliphatic heterocycles. The van der Waals surface area contributed by atoms with Crippen LogP contribution in [0.1, 0.15) is 309 Å². The SMILES string of the molecule is CCCCCCCCCC/C=C\CCCCCCCCCCCCCCCCCCCCCCCCCCCCCC(=O)OC(COC(=O)CCCCCCCCC)COP(=O)(O)OCCN. The van der Waals surface area contributed by atoms with Gasteiger partial charge in [0.05, 0.1) is 13.2 Å². The van der Waals surface area contributed by atoms with E-state index in [1.807, 2.05) is 0 Å². The number of nitrogens with two attached hydrogens (primary N) is 1. The van der Waals surface area contributed by atoms with Crippen LogP contribution in [0.4, 0.5) is 0 Å². The zero-order valence-electron chi connectivity index (χ0n) is 44.4. The summed E-state index contributed by atoms with van der Waals surface area (Å²) in [6.07, 6.45) is 62.0. The Balaban J connectivity index is 3.61. The lowest BCUT2D eigenvalue weighted by Gasteiger charge is -2.19. The number of rotatable bonds is 56. The van der Waals surface area contributed by atoms with Gasteiger partial charge in [0, 0.05) is 19.4 Å². The number of ether oxygens (including phenoxy) is 2. The van der Waals surface area contributed by atoms with Gasteiger partial charge in [0.25, 0.3) is 0 Å². The van der Waals surface area contributed by atoms with Gasteiger partial charge in [-0.1, -0.05) is 270 Å². The third kappa shape index (κ3) is 53.9. The predicted octanol–water partition coefficient (Wildman–Crippen LogP) is 18.1. The van der Waals surface area contributed by atoms with Crippen LogP contribution in [0.3, 0.4) is 0 Å². The van der Waals surface area contributed by atoms with Gasteiger partial charge in [-0.3, -0.25) is 18.6 Å². The molecule has 3 N–H and O–H groups in total. The molecule has 0 spiro atoms. The average Bonchev–Trinajstić information content (AvgIpc) is 3.32. The minimum atomic E-state index is -4.37. The molecule has 0 bridgehead atoms. The summed E-state index contributed by atoms with van der Waals surface area (Å²) in [4.78, 5) is 34.8. The van der Waals surface area contributed by atoms with E-state index in [1.165, 1.54) is 244 Å². The van der Waals surface area contributed by atoms with E-state index < -0.39 is 26.5 Å². The van der Waals surface area contributed by atoms with Crippen LogP contribution in [0, 0.1) is 0 Å². The van der Waals surface area contributed by atoms with Crippen LogP contribution < -0.4 is 5.73 Å². The number of unbranched alkanes of at least 4 members (excludes halogenated alkanes) is 41. The van der Waals surface area contributed by atoms with Gasteiger partial charge in [-0.2, -0.15) is 0 Å². The van der Waals surface area contributed by atoms with Crippen molar-refractivity contribution in [3.8, 4) is 0 Å². The van der Waals surface area contributed by atoms with Crippen molar-refractivity contribution in [1.29, 1.82) is 0 Å². The Hall–Kier alpha value is -1.25. The molecule has 10 heteroatoms. The molecule has 0 saturated heterocycles. The topological polar surface area (TPSA) is 134 Å². The third-order valence-corrected chi connectivity index (χ3v) is 14.1. The first-order chi connectivity index (χ1) is 32.8. The highest BCUT2D eigenvalue weighted by molar-refractivity contribution is 7.47. The fourth-order valence-electron chi connectivity index (χ4n) is 8.81. The molecule has 398 valence electrons. The van der Waals surface area contributed by atoms with Gasteiger partial charge in [0.15, 0.2) is 6.10 Å². The van der Waals surface area contributed by atoms with Crippen molar-refractivity contribution in [2.75, 3.05) is 26.4 Å². The third-order valence-electron chi connectivity index (χ3n) is 13.2. The molecule has 2 atom stereocenters. The number of carbonyl (C=O) groups excluding carboxylic acids is 2. The maximum absolute atomic E-state index is 12.6. The fourth-order valence-corrected chi connectivity index (χ4v) is 9.58. The summed E-state index contributed by atoms with van der Waals surface area (Å²) < 4.78 is 32.8. The van der Waals surface area contributed by atoms with Crippen molar-refractivity contribution in [2.24, 2.45) is 5.73 Å². The molecular weight excluding hydrogens is 858 g/mol. The van der Waals surface area contributed by atoms with E-state index in [-0.39, 0.29) is 38.6 Å². The lowest BCUT2D eigenvalue weighted by Crippen LogP contribution is -2.29. The predicted molar refractivity (Wildman–Crippen MR) is 284 cm³/mol. The van der Waals surface area contributed by atoms with Crippen LogP contribution in [0.2, 0.25) is 0 Å². The lowest BCUT2D eigenvalue weighted by atomic mass is 10.0. The summed E-state index contributed by atoms with van der Waals surface area (Å²) in [7, 11) is -4.37. The molecule has 0 radical (unpaired) electrons. The summed E-state index contributed by atoms with van der Waals surface area (Å²) in [5, 5.41) is 0. The minimum absolute atomic E-state index is 0.0572. The Morgan fingerprint density at radius 3 is 1.06 bits per heavy atom. The van der Waals surface area contributed by atoms with Gasteiger partial charge in [-0.15, -0.1) is 0 Å².